The monoisotopic (exact) mass is 273 g/mol. The van der Waals surface area contributed by atoms with E-state index in [0.717, 1.165) is 4.90 Å². The van der Waals surface area contributed by atoms with Crippen LogP contribution in [-0.2, 0) is 14.4 Å². The Kier molecular flexibility index (Phi) is 4.67. The Labute approximate surface area is 108 Å². The van der Waals surface area contributed by atoms with Crippen molar-refractivity contribution in [3.8, 4) is 0 Å². The molecule has 0 saturated carbocycles. The van der Waals surface area contributed by atoms with Crippen molar-refractivity contribution in [2.45, 2.75) is 18.9 Å². The fraction of sp³-hybridized carbons (Fsp3) is 0.600. The van der Waals surface area contributed by atoms with E-state index in [1.54, 1.807) is 0 Å². The van der Waals surface area contributed by atoms with E-state index >= 15 is 0 Å². The zero-order valence-electron chi connectivity index (χ0n) is 10.1. The first-order valence-corrected chi connectivity index (χ1v) is 5.61. The molecule has 0 radical (unpaired) electrons. The van der Waals surface area contributed by atoms with Crippen LogP contribution in [0.15, 0.2) is 0 Å². The highest BCUT2D eigenvalue weighted by molar-refractivity contribution is 5.89. The number of likely N-dealkylation sites (tertiary alicyclic amines) is 1. The second-order valence-corrected chi connectivity index (χ2v) is 4.18. The minimum absolute atomic E-state index is 0.252. The van der Waals surface area contributed by atoms with Crippen LogP contribution in [0.2, 0.25) is 0 Å². The third kappa shape index (κ3) is 3.83. The Morgan fingerprint density at radius 3 is 2.11 bits per heavy atom. The number of carboxylic acid groups (broad SMARTS) is 2. The van der Waals surface area contributed by atoms with E-state index in [-0.39, 0.29) is 6.54 Å². The zero-order chi connectivity index (χ0) is 14.6. The molecule has 0 aromatic heterocycles. The summed E-state index contributed by atoms with van der Waals surface area (Å²) in [6, 6.07) is -1.61. The van der Waals surface area contributed by atoms with Crippen molar-refractivity contribution in [3.63, 3.8) is 0 Å². The second kappa shape index (κ2) is 6.03. The van der Waals surface area contributed by atoms with Gasteiger partial charge in [0.1, 0.15) is 19.1 Å². The number of nitrogens with zero attached hydrogens (tertiary/aromatic N) is 2. The number of hydrogen-bond donors (Lipinski definition) is 3. The summed E-state index contributed by atoms with van der Waals surface area (Å²) in [5.41, 5.74) is 5.14. The predicted molar refractivity (Wildman–Crippen MR) is 61.2 cm³/mol. The van der Waals surface area contributed by atoms with E-state index in [4.69, 9.17) is 15.9 Å². The summed E-state index contributed by atoms with van der Waals surface area (Å²) < 4.78 is 0. The normalized spacial score (nSPS) is 18.1. The van der Waals surface area contributed by atoms with E-state index in [0.29, 0.717) is 17.7 Å². The summed E-state index contributed by atoms with van der Waals surface area (Å²) in [5.74, 6) is -3.34. The van der Waals surface area contributed by atoms with Crippen molar-refractivity contribution < 1.29 is 29.4 Å². The maximum Gasteiger partial charge on any atom is 0.323 e. The Morgan fingerprint density at radius 2 is 1.68 bits per heavy atom. The summed E-state index contributed by atoms with van der Waals surface area (Å²) in [6.07, 6.45) is 0.961. The van der Waals surface area contributed by atoms with Crippen molar-refractivity contribution in [3.05, 3.63) is 0 Å². The summed E-state index contributed by atoms with van der Waals surface area (Å²) in [4.78, 5) is 46.2. The van der Waals surface area contributed by atoms with Gasteiger partial charge in [-0.3, -0.25) is 14.4 Å². The summed E-state index contributed by atoms with van der Waals surface area (Å²) in [6.45, 7) is -1.23. The van der Waals surface area contributed by atoms with Crippen molar-refractivity contribution in [1.82, 2.24) is 9.80 Å². The summed E-state index contributed by atoms with van der Waals surface area (Å²) in [5, 5.41) is 17.3. The number of carbonyl (C=O) groups excluding carboxylic acids is 2. The smallest absolute Gasteiger partial charge is 0.323 e. The molecule has 1 aliphatic heterocycles. The topological polar surface area (TPSA) is 141 Å². The molecule has 3 amide bonds. The first-order chi connectivity index (χ1) is 8.82. The van der Waals surface area contributed by atoms with Gasteiger partial charge in [0.2, 0.25) is 5.91 Å². The molecule has 1 heterocycles. The molecule has 1 atom stereocenters. The Bertz CT molecular complexity index is 394. The van der Waals surface area contributed by atoms with Crippen LogP contribution in [0.1, 0.15) is 12.8 Å². The Balaban J connectivity index is 2.82. The molecular formula is C10H15N3O6. The van der Waals surface area contributed by atoms with Gasteiger partial charge in [-0.2, -0.15) is 0 Å². The summed E-state index contributed by atoms with van der Waals surface area (Å²) in [7, 11) is 0. The first kappa shape index (κ1) is 14.7. The summed E-state index contributed by atoms with van der Waals surface area (Å²) >= 11 is 0. The number of rotatable bonds is 5. The van der Waals surface area contributed by atoms with E-state index < -0.39 is 43.0 Å². The molecule has 9 nitrogen and oxygen atoms in total. The van der Waals surface area contributed by atoms with Crippen molar-refractivity contribution >= 4 is 23.9 Å². The second-order valence-electron chi connectivity index (χ2n) is 4.18. The lowest BCUT2D eigenvalue weighted by Gasteiger charge is -2.28. The molecule has 0 aromatic rings. The van der Waals surface area contributed by atoms with Crippen molar-refractivity contribution in [1.29, 1.82) is 0 Å². The van der Waals surface area contributed by atoms with Crippen LogP contribution in [0.25, 0.3) is 0 Å². The third-order valence-electron chi connectivity index (χ3n) is 2.75. The maximum absolute atomic E-state index is 12.0. The average molecular weight is 273 g/mol. The highest BCUT2D eigenvalue weighted by Gasteiger charge is 2.36. The van der Waals surface area contributed by atoms with Crippen LogP contribution >= 0.6 is 0 Å². The fourth-order valence-corrected chi connectivity index (χ4v) is 1.99. The number of primary amides is 1. The molecule has 0 spiro atoms. The maximum atomic E-state index is 12.0. The number of amides is 3. The predicted octanol–water partition coefficient (Wildman–Crippen LogP) is -1.47. The number of urea groups is 1. The highest BCUT2D eigenvalue weighted by atomic mass is 16.4. The SMILES string of the molecule is NC(=O)C1CCCN1C(=O)N(CC(=O)O)CC(=O)O. The number of carbonyl (C=O) groups is 4. The van der Waals surface area contributed by atoms with Gasteiger partial charge in [-0.25, -0.2) is 4.79 Å². The van der Waals surface area contributed by atoms with Crippen LogP contribution in [-0.4, -0.2) is 69.6 Å². The molecule has 1 aliphatic rings. The van der Waals surface area contributed by atoms with Gasteiger partial charge in [0.15, 0.2) is 0 Å². The molecule has 0 aromatic carbocycles. The van der Waals surface area contributed by atoms with Gasteiger partial charge in [-0.15, -0.1) is 0 Å². The van der Waals surface area contributed by atoms with E-state index in [1.807, 2.05) is 0 Å². The molecule has 9 heteroatoms. The van der Waals surface area contributed by atoms with Crippen molar-refractivity contribution in [2.24, 2.45) is 5.73 Å². The molecule has 1 rings (SSSR count). The molecular weight excluding hydrogens is 258 g/mol. The minimum atomic E-state index is -1.33. The van der Waals surface area contributed by atoms with E-state index in [9.17, 15) is 19.2 Å². The van der Waals surface area contributed by atoms with Gasteiger partial charge in [-0.1, -0.05) is 0 Å². The average Bonchev–Trinajstić information content (AvgIpc) is 2.74. The lowest BCUT2D eigenvalue weighted by atomic mass is 10.2. The molecule has 1 fully saturated rings. The number of aliphatic carboxylic acids is 2. The molecule has 1 saturated heterocycles. The molecule has 1 unspecified atom stereocenters. The Morgan fingerprint density at radius 1 is 1.16 bits per heavy atom. The van der Waals surface area contributed by atoms with Crippen molar-refractivity contribution in [2.75, 3.05) is 19.6 Å². The minimum Gasteiger partial charge on any atom is -0.480 e. The standard InChI is InChI=1S/C10H15N3O6/c11-9(18)6-2-1-3-13(6)10(19)12(4-7(14)15)5-8(16)17/h6H,1-5H2,(H2,11,18)(H,14,15)(H,16,17). The molecule has 106 valence electrons. The number of hydrogen-bond acceptors (Lipinski definition) is 4. The lowest BCUT2D eigenvalue weighted by Crippen LogP contribution is -2.52. The van der Waals surface area contributed by atoms with Gasteiger partial charge >= 0.3 is 18.0 Å². The van der Waals surface area contributed by atoms with Crippen LogP contribution in [0.3, 0.4) is 0 Å². The zero-order valence-corrected chi connectivity index (χ0v) is 10.1. The van der Waals surface area contributed by atoms with Crippen LogP contribution < -0.4 is 5.73 Å². The van der Waals surface area contributed by atoms with Gasteiger partial charge in [0.05, 0.1) is 0 Å². The molecule has 0 aliphatic carbocycles. The van der Waals surface area contributed by atoms with E-state index in [1.165, 1.54) is 0 Å². The highest BCUT2D eigenvalue weighted by Crippen LogP contribution is 2.18. The number of carboxylic acids is 2. The van der Waals surface area contributed by atoms with Gasteiger partial charge in [-0.05, 0) is 12.8 Å². The first-order valence-electron chi connectivity index (χ1n) is 5.61. The van der Waals surface area contributed by atoms with Crippen LogP contribution in [0, 0.1) is 0 Å². The molecule has 0 bridgehead atoms. The number of nitrogens with two attached hydrogens (primary N) is 1. The molecule has 4 N–H and O–H groups in total. The lowest BCUT2D eigenvalue weighted by molar-refractivity contribution is -0.140. The van der Waals surface area contributed by atoms with Gasteiger partial charge in [0.25, 0.3) is 0 Å². The van der Waals surface area contributed by atoms with E-state index in [2.05, 4.69) is 0 Å². The quantitative estimate of drug-likeness (QED) is 0.558. The van der Waals surface area contributed by atoms with Crippen LogP contribution in [0.4, 0.5) is 4.79 Å². The van der Waals surface area contributed by atoms with Crippen LogP contribution in [0.5, 0.6) is 0 Å². The fourth-order valence-electron chi connectivity index (χ4n) is 1.99. The largest absolute Gasteiger partial charge is 0.480 e. The molecule has 19 heavy (non-hydrogen) atoms. The van der Waals surface area contributed by atoms with Gasteiger partial charge < -0.3 is 25.7 Å². The Hall–Kier alpha value is -2.32. The van der Waals surface area contributed by atoms with Gasteiger partial charge in [0, 0.05) is 6.54 Å². The third-order valence-corrected chi connectivity index (χ3v) is 2.75.